The summed E-state index contributed by atoms with van der Waals surface area (Å²) in [5.74, 6) is 0.649. The number of nitrogens with one attached hydrogen (secondary N) is 2. The fourth-order valence-corrected chi connectivity index (χ4v) is 6.99. The highest BCUT2D eigenvalue weighted by Crippen LogP contribution is 2.37. The predicted molar refractivity (Wildman–Crippen MR) is 230 cm³/mol. The van der Waals surface area contributed by atoms with Gasteiger partial charge in [-0.25, -0.2) is 0 Å². The third kappa shape index (κ3) is 12.8. The van der Waals surface area contributed by atoms with Gasteiger partial charge in [-0.1, -0.05) is 53.5 Å². The smallest absolute Gasteiger partial charge is 0.303 e. The fraction of sp³-hybridized carbons (Fsp3) is 0.304. The topological polar surface area (TPSA) is 172 Å². The number of aromatic nitrogens is 1. The summed E-state index contributed by atoms with van der Waals surface area (Å²) in [6.07, 6.45) is 4.29. The maximum absolute atomic E-state index is 11.0. The average molecular weight is 856 g/mol. The number of carboxylic acids is 2. The molecule has 14 heteroatoms. The molecule has 1 aromatic heterocycles. The lowest BCUT2D eigenvalue weighted by molar-refractivity contribution is -0.138. The van der Waals surface area contributed by atoms with E-state index in [1.165, 1.54) is 6.20 Å². The normalized spacial score (nSPS) is 10.9. The third-order valence-electron chi connectivity index (χ3n) is 9.79. The summed E-state index contributed by atoms with van der Waals surface area (Å²) in [5, 5.41) is 34.6. The van der Waals surface area contributed by atoms with Crippen LogP contribution in [0.5, 0.6) is 23.0 Å². The van der Waals surface area contributed by atoms with Gasteiger partial charge in [-0.2, -0.15) is 5.26 Å². The number of hydrogen-bond acceptors (Lipinski definition) is 10. The van der Waals surface area contributed by atoms with Gasteiger partial charge in [0, 0.05) is 71.7 Å². The molecule has 60 heavy (non-hydrogen) atoms. The van der Waals surface area contributed by atoms with E-state index in [0.717, 1.165) is 50.1 Å². The molecule has 0 aliphatic carbocycles. The van der Waals surface area contributed by atoms with Crippen LogP contribution in [-0.4, -0.2) is 47.3 Å². The number of ether oxygens (including phenoxy) is 4. The number of methoxy groups -OCH3 is 1. The van der Waals surface area contributed by atoms with Crippen molar-refractivity contribution in [2.75, 3.05) is 20.2 Å². The van der Waals surface area contributed by atoms with Crippen molar-refractivity contribution in [3.63, 3.8) is 0 Å². The molecule has 1 heterocycles. The standard InChI is InChI=1S/C46H48Cl2N4O8/c1-29-33(27-60-44-20-43(58-26-32-16-31(21-49)22-52-23-32)35(18-40(44)48)25-51-15-7-13-46(55)56)8-4-9-37(29)38-10-5-11-41(30(38)2)59-28-36-19-42(57-3)34(17-39(36)47)24-50-14-6-12-45(53)54/h4-5,8-11,16-20,22-23,50-51H,6-7,12-15,24-28H2,1-3H3,(H,53,54)(H,55,56). The fourth-order valence-electron chi connectivity index (χ4n) is 6.50. The second-order valence-electron chi connectivity index (χ2n) is 14.1. The monoisotopic (exact) mass is 854 g/mol. The number of nitrogens with zero attached hydrogens (tertiary/aromatic N) is 2. The van der Waals surface area contributed by atoms with Crippen molar-refractivity contribution in [1.82, 2.24) is 15.6 Å². The zero-order valence-electron chi connectivity index (χ0n) is 33.8. The molecule has 0 aliphatic heterocycles. The lowest BCUT2D eigenvalue weighted by Crippen LogP contribution is -2.16. The molecule has 0 unspecified atom stereocenters. The summed E-state index contributed by atoms with van der Waals surface area (Å²) in [7, 11) is 1.60. The van der Waals surface area contributed by atoms with E-state index >= 15 is 0 Å². The van der Waals surface area contributed by atoms with E-state index in [9.17, 15) is 14.9 Å². The second kappa shape index (κ2) is 22.5. The van der Waals surface area contributed by atoms with Gasteiger partial charge in [-0.3, -0.25) is 14.6 Å². The molecule has 0 radical (unpaired) electrons. The van der Waals surface area contributed by atoms with Crippen LogP contribution in [0.25, 0.3) is 11.1 Å². The van der Waals surface area contributed by atoms with Crippen LogP contribution in [0.3, 0.4) is 0 Å². The van der Waals surface area contributed by atoms with Crippen LogP contribution < -0.4 is 29.6 Å². The first-order chi connectivity index (χ1) is 29.0. The Balaban J connectivity index is 1.29. The first-order valence-electron chi connectivity index (χ1n) is 19.4. The molecule has 0 amide bonds. The van der Waals surface area contributed by atoms with Gasteiger partial charge in [-0.05, 0) is 97.9 Å². The van der Waals surface area contributed by atoms with E-state index in [0.29, 0.717) is 77.6 Å². The molecule has 0 fully saturated rings. The highest BCUT2D eigenvalue weighted by molar-refractivity contribution is 6.32. The quantitative estimate of drug-likeness (QED) is 0.0460. The molecule has 0 aliphatic rings. The van der Waals surface area contributed by atoms with Crippen molar-refractivity contribution in [2.45, 2.75) is 72.4 Å². The third-order valence-corrected chi connectivity index (χ3v) is 10.4. The summed E-state index contributed by atoms with van der Waals surface area (Å²) < 4.78 is 24.6. The molecule has 5 rings (SSSR count). The van der Waals surface area contributed by atoms with E-state index in [1.54, 1.807) is 31.5 Å². The molecule has 0 atom stereocenters. The van der Waals surface area contributed by atoms with Gasteiger partial charge in [0.2, 0.25) is 0 Å². The van der Waals surface area contributed by atoms with Crippen molar-refractivity contribution in [1.29, 1.82) is 5.26 Å². The van der Waals surface area contributed by atoms with Gasteiger partial charge in [0.15, 0.2) is 0 Å². The van der Waals surface area contributed by atoms with Crippen molar-refractivity contribution < 1.29 is 38.7 Å². The van der Waals surface area contributed by atoms with Crippen molar-refractivity contribution in [2.24, 2.45) is 0 Å². The molecule has 0 saturated carbocycles. The predicted octanol–water partition coefficient (Wildman–Crippen LogP) is 9.20. The number of nitriles is 1. The SMILES string of the molecule is COc1cc(COc2cccc(-c3cccc(COc4cc(OCc5cncc(C#N)c5)c(CNCCCC(=O)O)cc4Cl)c3C)c2C)c(Cl)cc1CNCCCC(=O)O. The van der Waals surface area contributed by atoms with Crippen molar-refractivity contribution in [3.8, 4) is 40.2 Å². The van der Waals surface area contributed by atoms with E-state index in [2.05, 4.69) is 33.8 Å². The number of benzene rings is 4. The number of rotatable bonds is 23. The van der Waals surface area contributed by atoms with Gasteiger partial charge >= 0.3 is 11.9 Å². The Morgan fingerprint density at radius 1 is 0.683 bits per heavy atom. The van der Waals surface area contributed by atoms with E-state index < -0.39 is 11.9 Å². The van der Waals surface area contributed by atoms with Gasteiger partial charge in [0.05, 0.1) is 17.7 Å². The number of aliphatic carboxylic acids is 2. The van der Waals surface area contributed by atoms with Crippen LogP contribution in [0, 0.1) is 25.2 Å². The summed E-state index contributed by atoms with van der Waals surface area (Å²) in [6, 6.07) is 23.0. The Kier molecular flexibility index (Phi) is 17.0. The number of carboxylic acid groups (broad SMARTS) is 2. The highest BCUT2D eigenvalue weighted by atomic mass is 35.5. The maximum atomic E-state index is 11.0. The molecule has 4 aromatic carbocycles. The molecular formula is C46H48Cl2N4O8. The van der Waals surface area contributed by atoms with Crippen LogP contribution in [0.4, 0.5) is 0 Å². The molecule has 0 saturated heterocycles. The van der Waals surface area contributed by atoms with Gasteiger partial charge in [-0.15, -0.1) is 0 Å². The average Bonchev–Trinajstić information content (AvgIpc) is 3.23. The summed E-state index contributed by atoms with van der Waals surface area (Å²) in [4.78, 5) is 25.9. The molecule has 0 spiro atoms. The largest absolute Gasteiger partial charge is 0.496 e. The Labute approximate surface area is 360 Å². The first kappa shape index (κ1) is 45.2. The zero-order valence-corrected chi connectivity index (χ0v) is 35.3. The summed E-state index contributed by atoms with van der Waals surface area (Å²) in [6.45, 7) is 6.59. The first-order valence-corrected chi connectivity index (χ1v) is 20.2. The van der Waals surface area contributed by atoms with E-state index in [4.69, 9.17) is 52.4 Å². The maximum Gasteiger partial charge on any atom is 0.303 e. The number of hydrogen-bond donors (Lipinski definition) is 4. The van der Waals surface area contributed by atoms with Crippen LogP contribution in [-0.2, 0) is 42.5 Å². The Morgan fingerprint density at radius 2 is 1.28 bits per heavy atom. The van der Waals surface area contributed by atoms with E-state index in [1.807, 2.05) is 50.2 Å². The van der Waals surface area contributed by atoms with Crippen LogP contribution in [0.15, 0.2) is 79.1 Å². The van der Waals surface area contributed by atoms with Crippen LogP contribution in [0.2, 0.25) is 10.0 Å². The minimum atomic E-state index is -0.849. The number of halogens is 2. The van der Waals surface area contributed by atoms with Gasteiger partial charge in [0.1, 0.15) is 48.9 Å². The summed E-state index contributed by atoms with van der Waals surface area (Å²) >= 11 is 13.5. The second-order valence-corrected chi connectivity index (χ2v) is 14.9. The Hall–Kier alpha value is -5.84. The van der Waals surface area contributed by atoms with Crippen molar-refractivity contribution >= 4 is 35.1 Å². The van der Waals surface area contributed by atoms with Crippen LogP contribution >= 0.6 is 23.2 Å². The molecule has 4 N–H and O–H groups in total. The molecule has 12 nitrogen and oxygen atoms in total. The van der Waals surface area contributed by atoms with Gasteiger partial charge < -0.3 is 39.8 Å². The van der Waals surface area contributed by atoms with Crippen molar-refractivity contribution in [3.05, 3.63) is 134 Å². The zero-order chi connectivity index (χ0) is 43.0. The van der Waals surface area contributed by atoms with E-state index in [-0.39, 0.29) is 32.7 Å². The molecule has 5 aromatic rings. The lowest BCUT2D eigenvalue weighted by Gasteiger charge is -2.19. The lowest BCUT2D eigenvalue weighted by atomic mass is 9.93. The minimum Gasteiger partial charge on any atom is -0.496 e. The Morgan fingerprint density at radius 3 is 1.95 bits per heavy atom. The Bertz CT molecular complexity index is 2330. The summed E-state index contributed by atoms with van der Waals surface area (Å²) in [5.41, 5.74) is 8.50. The number of carbonyl (C=O) groups is 2. The highest BCUT2D eigenvalue weighted by Gasteiger charge is 2.17. The van der Waals surface area contributed by atoms with Gasteiger partial charge in [0.25, 0.3) is 0 Å². The van der Waals surface area contributed by atoms with Crippen LogP contribution in [0.1, 0.15) is 70.2 Å². The molecular weight excluding hydrogens is 807 g/mol. The molecule has 314 valence electrons. The number of pyridine rings is 1. The minimum absolute atomic E-state index is 0.0622. The molecule has 0 bridgehead atoms.